The van der Waals surface area contributed by atoms with Gasteiger partial charge in [-0.25, -0.2) is 4.79 Å². The molecule has 0 fully saturated rings. The van der Waals surface area contributed by atoms with E-state index in [-0.39, 0.29) is 0 Å². The van der Waals surface area contributed by atoms with E-state index in [1.54, 1.807) is 32.2 Å². The molecule has 120 valence electrons. The van der Waals surface area contributed by atoms with Crippen LogP contribution in [0.3, 0.4) is 0 Å². The molecule has 0 bridgehead atoms. The monoisotopic (exact) mass is 315 g/mol. The van der Waals surface area contributed by atoms with Crippen molar-refractivity contribution in [2.45, 2.75) is 13.3 Å². The van der Waals surface area contributed by atoms with Crippen LogP contribution >= 0.6 is 0 Å². The third kappa shape index (κ3) is 2.80. The van der Waals surface area contributed by atoms with Gasteiger partial charge in [0.2, 0.25) is 0 Å². The molecule has 0 saturated heterocycles. The van der Waals surface area contributed by atoms with Crippen molar-refractivity contribution >= 4 is 17.9 Å². The standard InChI is InChI=1S/C16H17N3O4/c1-3-10-13(19-15(21)12(14(10)20)16(22)23)8-4-5-9(7-17)11(6-8)18-2/h4-7,17-18H,3H2,1-2H3,(H,22,23)(H2,19,20,21). The Hall–Kier alpha value is -3.09. The van der Waals surface area contributed by atoms with Crippen molar-refractivity contribution in [1.29, 1.82) is 5.41 Å². The Morgan fingerprint density at radius 2 is 2.13 bits per heavy atom. The molecule has 0 aliphatic carbocycles. The molecule has 23 heavy (non-hydrogen) atoms. The van der Waals surface area contributed by atoms with Crippen molar-refractivity contribution in [3.63, 3.8) is 0 Å². The molecule has 0 aliphatic heterocycles. The van der Waals surface area contributed by atoms with E-state index >= 15 is 0 Å². The first-order valence-corrected chi connectivity index (χ1v) is 6.98. The maximum Gasteiger partial charge on any atom is 0.345 e. The quantitative estimate of drug-likeness (QED) is 0.540. The van der Waals surface area contributed by atoms with E-state index < -0.39 is 22.8 Å². The van der Waals surface area contributed by atoms with Crippen molar-refractivity contribution in [3.8, 4) is 17.0 Å². The van der Waals surface area contributed by atoms with E-state index in [2.05, 4.69) is 10.3 Å². The lowest BCUT2D eigenvalue weighted by atomic mass is 9.99. The van der Waals surface area contributed by atoms with Crippen LogP contribution in [0.1, 0.15) is 28.4 Å². The molecule has 0 atom stereocenters. The van der Waals surface area contributed by atoms with Gasteiger partial charge in [0.25, 0.3) is 5.56 Å². The third-order valence-electron chi connectivity index (χ3n) is 3.62. The molecular formula is C16H17N3O4. The second-order valence-corrected chi connectivity index (χ2v) is 4.89. The molecule has 1 aromatic carbocycles. The van der Waals surface area contributed by atoms with Gasteiger partial charge in [0.05, 0.1) is 5.69 Å². The van der Waals surface area contributed by atoms with Crippen LogP contribution in [0.25, 0.3) is 11.3 Å². The van der Waals surface area contributed by atoms with Crippen LogP contribution in [-0.4, -0.2) is 34.4 Å². The molecule has 0 aliphatic rings. The van der Waals surface area contributed by atoms with E-state index in [0.29, 0.717) is 34.5 Å². The zero-order valence-electron chi connectivity index (χ0n) is 12.7. The van der Waals surface area contributed by atoms with Crippen LogP contribution in [-0.2, 0) is 6.42 Å². The van der Waals surface area contributed by atoms with E-state index in [4.69, 9.17) is 10.5 Å². The second-order valence-electron chi connectivity index (χ2n) is 4.89. The van der Waals surface area contributed by atoms with Gasteiger partial charge in [0.15, 0.2) is 5.56 Å². The number of aromatic carboxylic acids is 1. The number of benzene rings is 1. The summed E-state index contributed by atoms with van der Waals surface area (Å²) in [6.07, 6.45) is 1.55. The van der Waals surface area contributed by atoms with Gasteiger partial charge in [-0.05, 0) is 12.5 Å². The van der Waals surface area contributed by atoms with Gasteiger partial charge in [-0.2, -0.15) is 0 Å². The summed E-state index contributed by atoms with van der Waals surface area (Å²) in [6, 6.07) is 5.13. The maximum atomic E-state index is 12.0. The number of aromatic hydroxyl groups is 1. The Balaban J connectivity index is 2.76. The molecule has 1 aromatic heterocycles. The minimum Gasteiger partial charge on any atom is -0.506 e. The predicted molar refractivity (Wildman–Crippen MR) is 87.9 cm³/mol. The summed E-state index contributed by atoms with van der Waals surface area (Å²) in [5.74, 6) is -1.99. The SMILES string of the molecule is CCc1c(-c2ccc(C=N)c(NC)c2)[nH]c(=O)c(C(=O)O)c1O. The first-order chi connectivity index (χ1) is 10.9. The van der Waals surface area contributed by atoms with Crippen molar-refractivity contribution in [3.05, 3.63) is 45.2 Å². The highest BCUT2D eigenvalue weighted by molar-refractivity contribution is 5.92. The molecule has 0 saturated carbocycles. The molecule has 0 unspecified atom stereocenters. The highest BCUT2D eigenvalue weighted by Crippen LogP contribution is 2.31. The van der Waals surface area contributed by atoms with Gasteiger partial charge in [-0.3, -0.25) is 4.79 Å². The van der Waals surface area contributed by atoms with E-state index in [9.17, 15) is 14.7 Å². The van der Waals surface area contributed by atoms with Crippen LogP contribution in [0, 0.1) is 5.41 Å². The van der Waals surface area contributed by atoms with Crippen molar-refractivity contribution in [2.75, 3.05) is 12.4 Å². The van der Waals surface area contributed by atoms with Crippen molar-refractivity contribution in [1.82, 2.24) is 4.98 Å². The molecule has 2 rings (SSSR count). The zero-order chi connectivity index (χ0) is 17.1. The van der Waals surface area contributed by atoms with Crippen molar-refractivity contribution in [2.24, 2.45) is 0 Å². The molecule has 0 radical (unpaired) electrons. The molecule has 0 amide bonds. The van der Waals surface area contributed by atoms with Crippen LogP contribution in [0.5, 0.6) is 5.75 Å². The molecule has 0 spiro atoms. The number of hydrogen-bond acceptors (Lipinski definition) is 5. The lowest BCUT2D eigenvalue weighted by Crippen LogP contribution is -2.20. The molecule has 7 nitrogen and oxygen atoms in total. The fourth-order valence-electron chi connectivity index (χ4n) is 2.47. The second kappa shape index (κ2) is 6.35. The normalized spacial score (nSPS) is 10.3. The molecule has 7 heteroatoms. The number of nitrogens with one attached hydrogen (secondary N) is 3. The van der Waals surface area contributed by atoms with E-state index in [1.807, 2.05) is 0 Å². The zero-order valence-corrected chi connectivity index (χ0v) is 12.7. The summed E-state index contributed by atoms with van der Waals surface area (Å²) in [4.78, 5) is 25.6. The first kappa shape index (κ1) is 16.3. The number of rotatable bonds is 5. The lowest BCUT2D eigenvalue weighted by molar-refractivity contribution is 0.0691. The Labute approximate surface area is 132 Å². The number of anilines is 1. The number of H-pyrrole nitrogens is 1. The van der Waals surface area contributed by atoms with Gasteiger partial charge < -0.3 is 25.9 Å². The summed E-state index contributed by atoms with van der Waals surface area (Å²) in [5.41, 5.74) is 1.17. The predicted octanol–water partition coefficient (Wildman–Crippen LogP) is 2.05. The van der Waals surface area contributed by atoms with Crippen LogP contribution in [0.15, 0.2) is 23.0 Å². The van der Waals surface area contributed by atoms with Gasteiger partial charge in [0, 0.05) is 35.6 Å². The van der Waals surface area contributed by atoms with Gasteiger partial charge in [-0.1, -0.05) is 19.1 Å². The third-order valence-corrected chi connectivity index (χ3v) is 3.62. The molecule has 1 heterocycles. The largest absolute Gasteiger partial charge is 0.506 e. The Kier molecular flexibility index (Phi) is 4.49. The highest BCUT2D eigenvalue weighted by Gasteiger charge is 2.22. The number of carboxylic acids is 1. The summed E-state index contributed by atoms with van der Waals surface area (Å²) >= 11 is 0. The lowest BCUT2D eigenvalue weighted by Gasteiger charge is -2.14. The number of carboxylic acid groups (broad SMARTS) is 1. The average molecular weight is 315 g/mol. The summed E-state index contributed by atoms with van der Waals surface area (Å²) in [7, 11) is 1.71. The highest BCUT2D eigenvalue weighted by atomic mass is 16.4. The van der Waals surface area contributed by atoms with E-state index in [0.717, 1.165) is 0 Å². The maximum absolute atomic E-state index is 12.0. The van der Waals surface area contributed by atoms with Gasteiger partial charge in [0.1, 0.15) is 5.75 Å². The number of carbonyl (C=O) groups is 1. The number of pyridine rings is 1. The number of hydrogen-bond donors (Lipinski definition) is 5. The van der Waals surface area contributed by atoms with Gasteiger partial charge >= 0.3 is 5.97 Å². The molecular weight excluding hydrogens is 298 g/mol. The average Bonchev–Trinajstić information content (AvgIpc) is 2.53. The smallest absolute Gasteiger partial charge is 0.345 e. The fraction of sp³-hybridized carbons (Fsp3) is 0.188. The summed E-state index contributed by atoms with van der Waals surface area (Å²) < 4.78 is 0. The van der Waals surface area contributed by atoms with Crippen LogP contribution in [0.2, 0.25) is 0 Å². The summed E-state index contributed by atoms with van der Waals surface area (Å²) in [5, 5.41) is 29.5. The Bertz CT molecular complexity index is 840. The number of aromatic nitrogens is 1. The number of aromatic amines is 1. The van der Waals surface area contributed by atoms with Crippen LogP contribution < -0.4 is 10.9 Å². The first-order valence-electron chi connectivity index (χ1n) is 6.98. The Morgan fingerprint density at radius 3 is 2.65 bits per heavy atom. The van der Waals surface area contributed by atoms with Crippen molar-refractivity contribution < 1.29 is 15.0 Å². The van der Waals surface area contributed by atoms with Crippen LogP contribution in [0.4, 0.5) is 5.69 Å². The minimum absolute atomic E-state index is 0.347. The molecule has 2 aromatic rings. The van der Waals surface area contributed by atoms with Gasteiger partial charge in [-0.15, -0.1) is 0 Å². The topological polar surface area (TPSA) is 126 Å². The fourth-order valence-corrected chi connectivity index (χ4v) is 2.47. The Morgan fingerprint density at radius 1 is 1.43 bits per heavy atom. The van der Waals surface area contributed by atoms with E-state index in [1.165, 1.54) is 6.21 Å². The summed E-state index contributed by atoms with van der Waals surface area (Å²) in [6.45, 7) is 1.76. The molecule has 5 N–H and O–H groups in total. The minimum atomic E-state index is -1.47.